The zero-order chi connectivity index (χ0) is 22.9. The average molecular weight is 464 g/mol. The monoisotopic (exact) mass is 463 g/mol. The molecule has 7 heteroatoms. The van der Waals surface area contributed by atoms with Gasteiger partial charge in [-0.3, -0.25) is 9.69 Å². The Hall–Kier alpha value is -3.48. The van der Waals surface area contributed by atoms with Gasteiger partial charge < -0.3 is 18.6 Å². The summed E-state index contributed by atoms with van der Waals surface area (Å²) in [7, 11) is 3.13. The van der Waals surface area contributed by atoms with E-state index >= 15 is 0 Å². The quantitative estimate of drug-likeness (QED) is 0.390. The summed E-state index contributed by atoms with van der Waals surface area (Å²) in [6.07, 6.45) is 1.50. The van der Waals surface area contributed by atoms with E-state index in [2.05, 4.69) is 4.90 Å². The first-order valence-electron chi connectivity index (χ1n) is 10.5. The van der Waals surface area contributed by atoms with Crippen LogP contribution in [0.3, 0.4) is 0 Å². The molecule has 0 N–H and O–H groups in total. The molecule has 33 heavy (non-hydrogen) atoms. The van der Waals surface area contributed by atoms with E-state index in [4.69, 9.17) is 30.2 Å². The molecule has 0 bridgehead atoms. The maximum Gasteiger partial charge on any atom is 0.200 e. The van der Waals surface area contributed by atoms with Crippen molar-refractivity contribution < 1.29 is 18.6 Å². The highest BCUT2D eigenvalue weighted by molar-refractivity contribution is 6.30. The largest absolute Gasteiger partial charge is 0.493 e. The van der Waals surface area contributed by atoms with Crippen LogP contribution in [0.25, 0.3) is 22.1 Å². The first-order chi connectivity index (χ1) is 16.1. The van der Waals surface area contributed by atoms with Gasteiger partial charge in [0.2, 0.25) is 5.43 Å². The van der Waals surface area contributed by atoms with Crippen LogP contribution in [-0.2, 0) is 13.1 Å². The third kappa shape index (κ3) is 4.03. The van der Waals surface area contributed by atoms with E-state index in [1.165, 1.54) is 6.26 Å². The third-order valence-electron chi connectivity index (χ3n) is 5.80. The van der Waals surface area contributed by atoms with Crippen molar-refractivity contribution in [3.63, 3.8) is 0 Å². The topological polar surface area (TPSA) is 61.1 Å². The predicted octanol–water partition coefficient (Wildman–Crippen LogP) is 5.48. The molecule has 0 saturated carbocycles. The van der Waals surface area contributed by atoms with Gasteiger partial charge in [0.15, 0.2) is 11.5 Å². The molecule has 0 saturated heterocycles. The Kier molecular flexibility index (Phi) is 5.70. The van der Waals surface area contributed by atoms with E-state index in [1.807, 2.05) is 36.4 Å². The SMILES string of the molecule is COc1ccc(-c2coc3c4c(ccc3c2=O)OCN(Cc2ccc(Cl)cc2)C4)cc1OC. The molecule has 6 nitrogen and oxygen atoms in total. The highest BCUT2D eigenvalue weighted by atomic mass is 35.5. The molecule has 0 amide bonds. The van der Waals surface area contributed by atoms with Crippen molar-refractivity contribution in [2.24, 2.45) is 0 Å². The molecule has 5 rings (SSSR count). The lowest BCUT2D eigenvalue weighted by Crippen LogP contribution is -2.31. The van der Waals surface area contributed by atoms with Gasteiger partial charge in [-0.25, -0.2) is 0 Å². The fourth-order valence-electron chi connectivity index (χ4n) is 4.11. The second kappa shape index (κ2) is 8.81. The van der Waals surface area contributed by atoms with Crippen LogP contribution in [-0.4, -0.2) is 25.9 Å². The van der Waals surface area contributed by atoms with E-state index in [0.29, 0.717) is 58.4 Å². The smallest absolute Gasteiger partial charge is 0.200 e. The van der Waals surface area contributed by atoms with Crippen molar-refractivity contribution in [3.8, 4) is 28.4 Å². The van der Waals surface area contributed by atoms with Crippen LogP contribution in [0.4, 0.5) is 0 Å². The molecule has 4 aromatic rings. The Bertz CT molecular complexity index is 1380. The number of nitrogens with zero attached hydrogens (tertiary/aromatic N) is 1. The number of rotatable bonds is 5. The Labute approximate surface area is 195 Å². The summed E-state index contributed by atoms with van der Waals surface area (Å²) in [5.74, 6) is 1.88. The standard InChI is InChI=1S/C26H22ClNO5/c1-30-23-9-5-17(11-24(23)31-2)21-14-32-26-19(25(21)29)8-10-22-20(26)13-28(15-33-22)12-16-3-6-18(27)7-4-16/h3-11,14H,12-13,15H2,1-2H3. The minimum Gasteiger partial charge on any atom is -0.493 e. The van der Waals surface area contributed by atoms with Gasteiger partial charge in [0.1, 0.15) is 24.3 Å². The van der Waals surface area contributed by atoms with Crippen LogP contribution in [0.5, 0.6) is 17.2 Å². The number of ether oxygens (including phenoxy) is 3. The summed E-state index contributed by atoms with van der Waals surface area (Å²) in [4.78, 5) is 15.5. The first-order valence-corrected chi connectivity index (χ1v) is 10.8. The molecule has 1 aliphatic heterocycles. The fraction of sp³-hybridized carbons (Fsp3) is 0.192. The number of hydrogen-bond donors (Lipinski definition) is 0. The van der Waals surface area contributed by atoms with E-state index in [0.717, 1.165) is 16.9 Å². The normalized spacial score (nSPS) is 13.4. The zero-order valence-corrected chi connectivity index (χ0v) is 19.0. The van der Waals surface area contributed by atoms with Gasteiger partial charge in [0.25, 0.3) is 0 Å². The Morgan fingerprint density at radius 3 is 2.55 bits per heavy atom. The lowest BCUT2D eigenvalue weighted by atomic mass is 10.0. The Morgan fingerprint density at radius 1 is 1.00 bits per heavy atom. The first kappa shape index (κ1) is 21.4. The molecule has 1 aliphatic rings. The van der Waals surface area contributed by atoms with Crippen LogP contribution in [0.2, 0.25) is 5.02 Å². The molecule has 0 aliphatic carbocycles. The number of hydrogen-bond acceptors (Lipinski definition) is 6. The number of halogens is 1. The third-order valence-corrected chi connectivity index (χ3v) is 6.05. The summed E-state index contributed by atoms with van der Waals surface area (Å²) >= 11 is 6.00. The van der Waals surface area contributed by atoms with Crippen molar-refractivity contribution >= 4 is 22.6 Å². The maximum absolute atomic E-state index is 13.4. The zero-order valence-electron chi connectivity index (χ0n) is 18.3. The summed E-state index contributed by atoms with van der Waals surface area (Å²) in [5, 5.41) is 1.22. The molecular formula is C26H22ClNO5. The molecule has 168 valence electrons. The van der Waals surface area contributed by atoms with Gasteiger partial charge in [-0.15, -0.1) is 0 Å². The van der Waals surface area contributed by atoms with Crippen molar-refractivity contribution in [3.05, 3.63) is 87.2 Å². The summed E-state index contributed by atoms with van der Waals surface area (Å²) in [5.41, 5.74) is 3.58. The van der Waals surface area contributed by atoms with Gasteiger partial charge in [-0.05, 0) is 47.5 Å². The van der Waals surface area contributed by atoms with E-state index in [9.17, 15) is 4.79 Å². The minimum atomic E-state index is -0.110. The Balaban J connectivity index is 1.50. The number of fused-ring (bicyclic) bond motifs is 3. The van der Waals surface area contributed by atoms with Crippen LogP contribution in [0.15, 0.2) is 70.1 Å². The van der Waals surface area contributed by atoms with Crippen molar-refractivity contribution in [1.82, 2.24) is 4.90 Å². The summed E-state index contributed by atoms with van der Waals surface area (Å²) in [6.45, 7) is 1.75. The highest BCUT2D eigenvalue weighted by Gasteiger charge is 2.23. The van der Waals surface area contributed by atoms with Gasteiger partial charge in [-0.1, -0.05) is 29.8 Å². The van der Waals surface area contributed by atoms with Crippen LogP contribution < -0.4 is 19.6 Å². The number of benzene rings is 3. The maximum atomic E-state index is 13.4. The molecule has 0 atom stereocenters. The lowest BCUT2D eigenvalue weighted by molar-refractivity contribution is 0.0890. The van der Waals surface area contributed by atoms with Gasteiger partial charge in [-0.2, -0.15) is 0 Å². The second-order valence-corrected chi connectivity index (χ2v) is 8.29. The molecule has 1 aromatic heterocycles. The highest BCUT2D eigenvalue weighted by Crippen LogP contribution is 2.35. The van der Waals surface area contributed by atoms with E-state index in [1.54, 1.807) is 32.4 Å². The van der Waals surface area contributed by atoms with Crippen LogP contribution in [0.1, 0.15) is 11.1 Å². The summed E-state index contributed by atoms with van der Waals surface area (Å²) in [6, 6.07) is 16.7. The minimum absolute atomic E-state index is 0.110. The fourth-order valence-corrected chi connectivity index (χ4v) is 4.23. The van der Waals surface area contributed by atoms with Crippen molar-refractivity contribution in [2.75, 3.05) is 21.0 Å². The van der Waals surface area contributed by atoms with Gasteiger partial charge in [0.05, 0.1) is 30.7 Å². The van der Waals surface area contributed by atoms with Gasteiger partial charge in [0, 0.05) is 18.1 Å². The summed E-state index contributed by atoms with van der Waals surface area (Å²) < 4.78 is 22.7. The second-order valence-electron chi connectivity index (χ2n) is 7.85. The van der Waals surface area contributed by atoms with Crippen molar-refractivity contribution in [1.29, 1.82) is 0 Å². The molecule has 0 spiro atoms. The Morgan fingerprint density at radius 2 is 1.79 bits per heavy atom. The molecule has 0 fully saturated rings. The molecule has 3 aromatic carbocycles. The van der Waals surface area contributed by atoms with E-state index in [-0.39, 0.29) is 5.43 Å². The van der Waals surface area contributed by atoms with Crippen LogP contribution in [0, 0.1) is 0 Å². The predicted molar refractivity (Wildman–Crippen MR) is 127 cm³/mol. The lowest BCUT2D eigenvalue weighted by Gasteiger charge is -2.29. The molecular weight excluding hydrogens is 442 g/mol. The van der Waals surface area contributed by atoms with E-state index < -0.39 is 0 Å². The van der Waals surface area contributed by atoms with Crippen molar-refractivity contribution in [2.45, 2.75) is 13.1 Å². The van der Waals surface area contributed by atoms with Gasteiger partial charge >= 0.3 is 0 Å². The molecule has 2 heterocycles. The average Bonchev–Trinajstić information content (AvgIpc) is 2.85. The molecule has 0 radical (unpaired) electrons. The number of methoxy groups -OCH3 is 2. The van der Waals surface area contributed by atoms with Crippen LogP contribution >= 0.6 is 11.6 Å². The molecule has 0 unspecified atom stereocenters.